The summed E-state index contributed by atoms with van der Waals surface area (Å²) in [7, 11) is 0. The van der Waals surface area contributed by atoms with Crippen molar-refractivity contribution >= 4 is 49.6 Å². The Morgan fingerprint density at radius 3 is 1.74 bits per heavy atom. The van der Waals surface area contributed by atoms with Crippen molar-refractivity contribution in [1.29, 1.82) is 0 Å². The van der Waals surface area contributed by atoms with Crippen LogP contribution in [-0.2, 0) is 10.8 Å². The maximum atomic E-state index is 2.56. The molecule has 0 bridgehead atoms. The van der Waals surface area contributed by atoms with Gasteiger partial charge in [-0.15, -0.1) is 0 Å². The average molecular weight is 693 g/mol. The molecule has 0 radical (unpaired) electrons. The molecule has 2 nitrogen and oxygen atoms in total. The first-order valence-electron chi connectivity index (χ1n) is 19.1. The molecule has 54 heavy (non-hydrogen) atoms. The minimum Gasteiger partial charge on any atom is -0.310 e. The molecule has 8 aromatic carbocycles. The second-order valence-corrected chi connectivity index (χ2v) is 16.2. The maximum absolute atomic E-state index is 2.56. The van der Waals surface area contributed by atoms with Crippen molar-refractivity contribution < 1.29 is 0 Å². The van der Waals surface area contributed by atoms with Gasteiger partial charge in [-0.05, 0) is 98.2 Å². The second kappa shape index (κ2) is 11.1. The van der Waals surface area contributed by atoms with Crippen LogP contribution in [0.25, 0.3) is 60.5 Å². The monoisotopic (exact) mass is 692 g/mol. The van der Waals surface area contributed by atoms with Gasteiger partial charge in [0.2, 0.25) is 0 Å². The van der Waals surface area contributed by atoms with E-state index in [-0.39, 0.29) is 10.8 Å². The molecule has 11 rings (SSSR count). The second-order valence-electron chi connectivity index (χ2n) is 16.2. The number of hydrogen-bond donors (Lipinski definition) is 0. The van der Waals surface area contributed by atoms with Crippen LogP contribution in [0.4, 0.5) is 17.1 Å². The molecule has 1 heterocycles. The molecule has 2 heteroatoms. The van der Waals surface area contributed by atoms with Gasteiger partial charge in [0.15, 0.2) is 0 Å². The fourth-order valence-corrected chi connectivity index (χ4v) is 10.0. The van der Waals surface area contributed by atoms with Crippen molar-refractivity contribution in [3.8, 4) is 27.9 Å². The third-order valence-corrected chi connectivity index (χ3v) is 12.5. The lowest BCUT2D eigenvalue weighted by Gasteiger charge is -2.34. The maximum Gasteiger partial charge on any atom is 0.0543 e. The fourth-order valence-electron chi connectivity index (χ4n) is 10.0. The van der Waals surface area contributed by atoms with E-state index in [2.05, 4.69) is 207 Å². The topological polar surface area (TPSA) is 8.17 Å². The zero-order valence-electron chi connectivity index (χ0n) is 31.1. The van der Waals surface area contributed by atoms with Gasteiger partial charge in [0, 0.05) is 38.5 Å². The predicted octanol–water partition coefficient (Wildman–Crippen LogP) is 14.0. The zero-order chi connectivity index (χ0) is 36.3. The lowest BCUT2D eigenvalue weighted by molar-refractivity contribution is 0.659. The zero-order valence-corrected chi connectivity index (χ0v) is 31.1. The highest BCUT2D eigenvalue weighted by Crippen LogP contribution is 2.58. The Bertz CT molecular complexity index is 2960. The van der Waals surface area contributed by atoms with Crippen LogP contribution in [0, 0.1) is 0 Å². The first-order valence-corrected chi connectivity index (χ1v) is 19.1. The highest BCUT2D eigenvalue weighted by molar-refractivity contribution is 6.09. The molecule has 2 aliphatic rings. The van der Waals surface area contributed by atoms with E-state index in [1.165, 1.54) is 94.1 Å². The van der Waals surface area contributed by atoms with Crippen LogP contribution >= 0.6 is 0 Å². The molecular formula is C52H40N2. The summed E-state index contributed by atoms with van der Waals surface area (Å²) in [5.41, 5.74) is 17.8. The van der Waals surface area contributed by atoms with Crippen LogP contribution in [0.5, 0.6) is 0 Å². The number of nitrogens with zero attached hydrogens (tertiary/aromatic N) is 2. The van der Waals surface area contributed by atoms with E-state index in [4.69, 9.17) is 0 Å². The van der Waals surface area contributed by atoms with Gasteiger partial charge >= 0.3 is 0 Å². The third-order valence-electron chi connectivity index (χ3n) is 12.5. The molecule has 9 aromatic rings. The Balaban J connectivity index is 1.15. The Kier molecular flexibility index (Phi) is 6.39. The van der Waals surface area contributed by atoms with Gasteiger partial charge in [-0.2, -0.15) is 0 Å². The Labute approximate surface area is 316 Å². The highest BCUT2D eigenvalue weighted by atomic mass is 15.2. The lowest BCUT2D eigenvalue weighted by Crippen LogP contribution is -2.21. The van der Waals surface area contributed by atoms with Gasteiger partial charge in [0.1, 0.15) is 0 Å². The van der Waals surface area contributed by atoms with E-state index in [9.17, 15) is 0 Å². The van der Waals surface area contributed by atoms with Gasteiger partial charge in [-0.25, -0.2) is 0 Å². The number of hydrogen-bond acceptors (Lipinski definition) is 1. The standard InChI is InChI=1S/C52H40N2/c1-51(2)43-21-10-6-18-41(43)49-44(51)22-14-25-47(49)54(48-26-13-19-40-37-15-5-9-20-42(37)52(3,4)50(40)48)36-30-28-33-31-35(29-27-34(33)32-36)53-45-23-11-7-16-38(45)39-17-8-12-24-46(39)53/h5-32H,1-4H3. The summed E-state index contributed by atoms with van der Waals surface area (Å²) in [6.07, 6.45) is 0. The molecule has 0 saturated carbocycles. The van der Waals surface area contributed by atoms with Crippen molar-refractivity contribution in [3.05, 3.63) is 192 Å². The van der Waals surface area contributed by atoms with E-state index in [0.29, 0.717) is 0 Å². The first kappa shape index (κ1) is 31.2. The molecule has 0 atom stereocenters. The van der Waals surface area contributed by atoms with E-state index in [1.807, 2.05) is 0 Å². The quantitative estimate of drug-likeness (QED) is 0.178. The van der Waals surface area contributed by atoms with Crippen LogP contribution in [0.3, 0.4) is 0 Å². The van der Waals surface area contributed by atoms with Crippen LogP contribution in [-0.4, -0.2) is 4.57 Å². The Hall–Kier alpha value is -6.38. The first-order chi connectivity index (χ1) is 26.3. The van der Waals surface area contributed by atoms with Crippen LogP contribution in [0.1, 0.15) is 49.9 Å². The number of rotatable bonds is 4. The van der Waals surface area contributed by atoms with E-state index in [1.54, 1.807) is 0 Å². The molecule has 0 aliphatic heterocycles. The summed E-state index contributed by atoms with van der Waals surface area (Å²) in [4.78, 5) is 2.56. The highest BCUT2D eigenvalue weighted by Gasteiger charge is 2.41. The van der Waals surface area contributed by atoms with Gasteiger partial charge < -0.3 is 9.47 Å². The third kappa shape index (κ3) is 4.17. The van der Waals surface area contributed by atoms with Crippen LogP contribution in [0.2, 0.25) is 0 Å². The van der Waals surface area contributed by atoms with Gasteiger partial charge in [0.05, 0.1) is 22.4 Å². The molecule has 0 saturated heterocycles. The van der Waals surface area contributed by atoms with Crippen molar-refractivity contribution in [2.75, 3.05) is 4.90 Å². The van der Waals surface area contributed by atoms with E-state index in [0.717, 1.165) is 5.69 Å². The SMILES string of the molecule is CC1(C)c2ccccc2-c2c(N(c3ccc4cc(-n5c6ccccc6c6ccccc65)ccc4c3)c3cccc4c3C(C)(C)c3ccccc3-4)cccc21. The van der Waals surface area contributed by atoms with Crippen LogP contribution < -0.4 is 4.90 Å². The van der Waals surface area contributed by atoms with Crippen molar-refractivity contribution in [1.82, 2.24) is 4.57 Å². The minimum atomic E-state index is -0.177. The molecular weight excluding hydrogens is 653 g/mol. The van der Waals surface area contributed by atoms with Gasteiger partial charge in [0.25, 0.3) is 0 Å². The lowest BCUT2D eigenvalue weighted by atomic mass is 9.81. The molecule has 258 valence electrons. The van der Waals surface area contributed by atoms with E-state index < -0.39 is 0 Å². The molecule has 1 aromatic heterocycles. The Morgan fingerprint density at radius 1 is 0.426 bits per heavy atom. The molecule has 0 fully saturated rings. The summed E-state index contributed by atoms with van der Waals surface area (Å²) in [5, 5.41) is 4.99. The number of fused-ring (bicyclic) bond motifs is 10. The molecule has 2 aliphatic carbocycles. The van der Waals surface area contributed by atoms with Crippen LogP contribution in [0.15, 0.2) is 170 Å². The largest absolute Gasteiger partial charge is 0.310 e. The van der Waals surface area contributed by atoms with Crippen molar-refractivity contribution in [2.45, 2.75) is 38.5 Å². The molecule has 0 spiro atoms. The normalized spacial score (nSPS) is 14.6. The summed E-state index contributed by atoms with van der Waals surface area (Å²) in [5.74, 6) is 0. The summed E-state index contributed by atoms with van der Waals surface area (Å²) >= 11 is 0. The summed E-state index contributed by atoms with van der Waals surface area (Å²) in [6.45, 7) is 9.53. The fraction of sp³-hybridized carbons (Fsp3) is 0.115. The molecule has 0 unspecified atom stereocenters. The smallest absolute Gasteiger partial charge is 0.0543 e. The van der Waals surface area contributed by atoms with Gasteiger partial charge in [-0.1, -0.05) is 149 Å². The number of benzene rings is 8. The summed E-state index contributed by atoms with van der Waals surface area (Å²) in [6, 6.07) is 63.3. The predicted molar refractivity (Wildman–Crippen MR) is 228 cm³/mol. The van der Waals surface area contributed by atoms with Crippen molar-refractivity contribution in [3.63, 3.8) is 0 Å². The number of aromatic nitrogens is 1. The van der Waals surface area contributed by atoms with Gasteiger partial charge in [-0.3, -0.25) is 0 Å². The number of anilines is 3. The Morgan fingerprint density at radius 2 is 0.981 bits per heavy atom. The average Bonchev–Trinajstić information content (AvgIpc) is 3.76. The minimum absolute atomic E-state index is 0.103. The summed E-state index contributed by atoms with van der Waals surface area (Å²) < 4.78 is 2.41. The molecule has 0 amide bonds. The van der Waals surface area contributed by atoms with Crippen molar-refractivity contribution in [2.24, 2.45) is 0 Å². The molecule has 0 N–H and O–H groups in total. The number of para-hydroxylation sites is 2. The van der Waals surface area contributed by atoms with E-state index >= 15 is 0 Å².